The maximum Gasteiger partial charge on any atom is 0.416 e. The van der Waals surface area contributed by atoms with E-state index in [1.165, 1.54) is 6.07 Å². The minimum absolute atomic E-state index is 0.117. The maximum atomic E-state index is 12.6. The summed E-state index contributed by atoms with van der Waals surface area (Å²) in [6.07, 6.45) is -4.34. The van der Waals surface area contributed by atoms with E-state index in [9.17, 15) is 18.0 Å². The van der Waals surface area contributed by atoms with E-state index in [1.807, 2.05) is 0 Å². The topological polar surface area (TPSA) is 41.1 Å². The molecule has 0 heterocycles. The van der Waals surface area contributed by atoms with Gasteiger partial charge in [-0.15, -0.1) is 0 Å². The van der Waals surface area contributed by atoms with E-state index in [1.54, 1.807) is 27.0 Å². The fraction of sp³-hybridized carbons (Fsp3) is 0.500. The van der Waals surface area contributed by atoms with E-state index in [0.29, 0.717) is 12.1 Å². The van der Waals surface area contributed by atoms with Crippen molar-refractivity contribution in [2.24, 2.45) is 5.41 Å². The van der Waals surface area contributed by atoms with Gasteiger partial charge in [-0.2, -0.15) is 13.2 Å². The average molecular weight is 288 g/mol. The van der Waals surface area contributed by atoms with Crippen LogP contribution in [0.25, 0.3) is 0 Å². The van der Waals surface area contributed by atoms with Crippen LogP contribution in [0.4, 0.5) is 13.2 Å². The van der Waals surface area contributed by atoms with Gasteiger partial charge in [-0.3, -0.25) is 4.79 Å². The first-order valence-electron chi connectivity index (χ1n) is 6.26. The Morgan fingerprint density at radius 1 is 1.25 bits per heavy atom. The van der Waals surface area contributed by atoms with Gasteiger partial charge in [0.1, 0.15) is 0 Å². The quantitative estimate of drug-likeness (QED) is 0.874. The van der Waals surface area contributed by atoms with Crippen LogP contribution < -0.4 is 10.6 Å². The van der Waals surface area contributed by atoms with Crippen LogP contribution in [0.2, 0.25) is 0 Å². The molecule has 0 saturated carbocycles. The predicted molar refractivity (Wildman–Crippen MR) is 71.0 cm³/mol. The van der Waals surface area contributed by atoms with Crippen molar-refractivity contribution < 1.29 is 18.0 Å². The fourth-order valence-corrected chi connectivity index (χ4v) is 1.80. The molecular weight excluding hydrogens is 269 g/mol. The second-order valence-corrected chi connectivity index (χ2v) is 5.26. The standard InChI is InChI=1S/C14H19F3N2O/c1-13(2,12(20)18-3)9-19-8-10-5-4-6-11(7-10)14(15,16)17/h4-7,19H,8-9H2,1-3H3,(H,18,20). The lowest BCUT2D eigenvalue weighted by atomic mass is 9.92. The maximum absolute atomic E-state index is 12.6. The Labute approximate surface area is 116 Å². The van der Waals surface area contributed by atoms with Crippen LogP contribution in [0.3, 0.4) is 0 Å². The lowest BCUT2D eigenvalue weighted by Gasteiger charge is -2.23. The molecule has 0 saturated heterocycles. The van der Waals surface area contributed by atoms with Crippen LogP contribution in [-0.2, 0) is 17.5 Å². The molecule has 0 atom stereocenters. The predicted octanol–water partition coefficient (Wildman–Crippen LogP) is 2.57. The van der Waals surface area contributed by atoms with Crippen LogP contribution in [0.15, 0.2) is 24.3 Å². The Morgan fingerprint density at radius 3 is 2.45 bits per heavy atom. The number of nitrogens with one attached hydrogen (secondary N) is 2. The molecule has 0 aliphatic rings. The highest BCUT2D eigenvalue weighted by Crippen LogP contribution is 2.29. The van der Waals surface area contributed by atoms with Crippen molar-refractivity contribution in [1.82, 2.24) is 10.6 Å². The smallest absolute Gasteiger partial charge is 0.359 e. The minimum atomic E-state index is -4.34. The zero-order chi connectivity index (χ0) is 15.4. The number of amides is 1. The van der Waals surface area contributed by atoms with Gasteiger partial charge in [0, 0.05) is 20.1 Å². The SMILES string of the molecule is CNC(=O)C(C)(C)CNCc1cccc(C(F)(F)F)c1. The van der Waals surface area contributed by atoms with Crippen molar-refractivity contribution in [2.75, 3.05) is 13.6 Å². The molecule has 0 aromatic heterocycles. The summed E-state index contributed by atoms with van der Waals surface area (Å²) in [5.41, 5.74) is -0.744. The number of benzene rings is 1. The molecule has 1 amide bonds. The summed E-state index contributed by atoms with van der Waals surface area (Å²) in [7, 11) is 1.55. The van der Waals surface area contributed by atoms with Gasteiger partial charge < -0.3 is 10.6 Å². The number of halogens is 3. The molecule has 0 radical (unpaired) electrons. The van der Waals surface area contributed by atoms with Gasteiger partial charge in [0.25, 0.3) is 0 Å². The number of hydrogen-bond donors (Lipinski definition) is 2. The van der Waals surface area contributed by atoms with E-state index >= 15 is 0 Å². The molecule has 0 aliphatic heterocycles. The highest BCUT2D eigenvalue weighted by atomic mass is 19.4. The molecule has 0 bridgehead atoms. The zero-order valence-electron chi connectivity index (χ0n) is 11.8. The summed E-state index contributed by atoms with van der Waals surface area (Å²) in [6, 6.07) is 5.15. The highest BCUT2D eigenvalue weighted by Gasteiger charge is 2.30. The van der Waals surface area contributed by atoms with Crippen molar-refractivity contribution >= 4 is 5.91 Å². The molecular formula is C14H19F3N2O. The van der Waals surface area contributed by atoms with Crippen molar-refractivity contribution in [3.8, 4) is 0 Å². The highest BCUT2D eigenvalue weighted by molar-refractivity contribution is 5.81. The summed E-state index contributed by atoms with van der Waals surface area (Å²) in [5, 5.41) is 5.56. The molecule has 0 aliphatic carbocycles. The molecule has 112 valence electrons. The Balaban J connectivity index is 2.61. The third kappa shape index (κ3) is 4.52. The van der Waals surface area contributed by atoms with Gasteiger partial charge in [0.2, 0.25) is 5.91 Å². The summed E-state index contributed by atoms with van der Waals surface area (Å²) < 4.78 is 37.7. The average Bonchev–Trinajstić information content (AvgIpc) is 2.37. The number of hydrogen-bond acceptors (Lipinski definition) is 2. The first-order chi connectivity index (χ1) is 9.16. The Kier molecular flexibility index (Phi) is 5.16. The Bertz CT molecular complexity index is 470. The van der Waals surface area contributed by atoms with Gasteiger partial charge in [-0.05, 0) is 25.5 Å². The second kappa shape index (κ2) is 6.26. The second-order valence-electron chi connectivity index (χ2n) is 5.26. The summed E-state index contributed by atoms with van der Waals surface area (Å²) >= 11 is 0. The Morgan fingerprint density at radius 2 is 1.90 bits per heavy atom. The molecule has 1 aromatic rings. The fourth-order valence-electron chi connectivity index (χ4n) is 1.80. The lowest BCUT2D eigenvalue weighted by Crippen LogP contribution is -2.41. The van der Waals surface area contributed by atoms with Crippen LogP contribution in [0.5, 0.6) is 0 Å². The van der Waals surface area contributed by atoms with Gasteiger partial charge >= 0.3 is 6.18 Å². The van der Waals surface area contributed by atoms with E-state index in [2.05, 4.69) is 10.6 Å². The lowest BCUT2D eigenvalue weighted by molar-refractivity contribution is -0.137. The third-order valence-corrected chi connectivity index (χ3v) is 2.99. The van der Waals surface area contributed by atoms with E-state index in [4.69, 9.17) is 0 Å². The van der Waals surface area contributed by atoms with E-state index in [0.717, 1.165) is 12.1 Å². The van der Waals surface area contributed by atoms with Crippen LogP contribution in [0, 0.1) is 5.41 Å². The molecule has 2 N–H and O–H groups in total. The number of carbonyl (C=O) groups excluding carboxylic acids is 1. The van der Waals surface area contributed by atoms with Gasteiger partial charge in [0.05, 0.1) is 11.0 Å². The molecule has 1 aromatic carbocycles. The first kappa shape index (κ1) is 16.5. The van der Waals surface area contributed by atoms with Crippen LogP contribution in [0.1, 0.15) is 25.0 Å². The van der Waals surface area contributed by atoms with E-state index < -0.39 is 17.2 Å². The molecule has 6 heteroatoms. The zero-order valence-corrected chi connectivity index (χ0v) is 11.8. The minimum Gasteiger partial charge on any atom is -0.359 e. The third-order valence-electron chi connectivity index (χ3n) is 2.99. The molecule has 0 fully saturated rings. The van der Waals surface area contributed by atoms with Crippen molar-refractivity contribution in [2.45, 2.75) is 26.6 Å². The summed E-state index contributed by atoms with van der Waals surface area (Å²) in [4.78, 5) is 11.6. The molecule has 1 rings (SSSR count). The summed E-state index contributed by atoms with van der Waals surface area (Å²) in [6.45, 7) is 4.20. The van der Waals surface area contributed by atoms with Crippen LogP contribution in [-0.4, -0.2) is 19.5 Å². The summed E-state index contributed by atoms with van der Waals surface area (Å²) in [5.74, 6) is -0.117. The van der Waals surface area contributed by atoms with Crippen LogP contribution >= 0.6 is 0 Å². The van der Waals surface area contributed by atoms with Gasteiger partial charge in [-0.1, -0.05) is 18.2 Å². The van der Waals surface area contributed by atoms with Gasteiger partial charge in [0.15, 0.2) is 0 Å². The normalized spacial score (nSPS) is 12.3. The van der Waals surface area contributed by atoms with Gasteiger partial charge in [-0.25, -0.2) is 0 Å². The Hall–Kier alpha value is -1.56. The molecule has 0 spiro atoms. The van der Waals surface area contributed by atoms with E-state index in [-0.39, 0.29) is 12.5 Å². The number of carbonyl (C=O) groups is 1. The number of rotatable bonds is 5. The first-order valence-corrected chi connectivity index (χ1v) is 6.26. The monoisotopic (exact) mass is 288 g/mol. The molecule has 20 heavy (non-hydrogen) atoms. The number of alkyl halides is 3. The molecule has 3 nitrogen and oxygen atoms in total. The van der Waals surface area contributed by atoms with Crippen molar-refractivity contribution in [3.05, 3.63) is 35.4 Å². The largest absolute Gasteiger partial charge is 0.416 e. The van der Waals surface area contributed by atoms with Crippen molar-refractivity contribution in [1.29, 1.82) is 0 Å². The molecule has 0 unspecified atom stereocenters. The van der Waals surface area contributed by atoms with Crippen molar-refractivity contribution in [3.63, 3.8) is 0 Å².